The van der Waals surface area contributed by atoms with E-state index in [1.165, 1.54) is 12.8 Å². The van der Waals surface area contributed by atoms with Crippen molar-refractivity contribution < 1.29 is 14.3 Å². The topological polar surface area (TPSA) is 87.7 Å². The van der Waals surface area contributed by atoms with Crippen molar-refractivity contribution in [2.45, 2.75) is 51.4 Å². The fraction of sp³-hybridized carbons (Fsp3) is 0.727. The predicted octanol–water partition coefficient (Wildman–Crippen LogP) is 1.79. The fourth-order valence-electron chi connectivity index (χ4n) is 4.65. The molecule has 8 nitrogen and oxygen atoms in total. The van der Waals surface area contributed by atoms with Crippen LogP contribution in [0.2, 0.25) is 0 Å². The summed E-state index contributed by atoms with van der Waals surface area (Å²) in [6.45, 7) is 4.89. The average Bonchev–Trinajstić information content (AvgIpc) is 3.48. The van der Waals surface area contributed by atoms with Gasteiger partial charge in [0.15, 0.2) is 0 Å². The highest BCUT2D eigenvalue weighted by atomic mass is 16.5. The number of aromatic nitrogens is 2. The minimum Gasteiger partial charge on any atom is -0.378 e. The summed E-state index contributed by atoms with van der Waals surface area (Å²) in [4.78, 5) is 38.5. The Balaban J connectivity index is 1.42. The molecule has 3 fully saturated rings. The van der Waals surface area contributed by atoms with Crippen LogP contribution in [0.5, 0.6) is 0 Å². The van der Waals surface area contributed by atoms with Gasteiger partial charge in [-0.3, -0.25) is 9.59 Å². The lowest BCUT2D eigenvalue weighted by Gasteiger charge is -2.27. The van der Waals surface area contributed by atoms with Gasteiger partial charge in [0.2, 0.25) is 11.9 Å². The Bertz CT molecular complexity index is 738. The molecule has 4 rings (SSSR count). The second kappa shape index (κ2) is 10.2. The van der Waals surface area contributed by atoms with E-state index in [1.54, 1.807) is 6.20 Å². The van der Waals surface area contributed by atoms with E-state index >= 15 is 0 Å². The summed E-state index contributed by atoms with van der Waals surface area (Å²) < 4.78 is 5.42. The number of nitrogens with one attached hydrogen (secondary N) is 1. The van der Waals surface area contributed by atoms with E-state index in [2.05, 4.69) is 15.2 Å². The number of amides is 2. The highest BCUT2D eigenvalue weighted by molar-refractivity contribution is 5.95. The van der Waals surface area contributed by atoms with Gasteiger partial charge in [0.1, 0.15) is 0 Å². The molecule has 30 heavy (non-hydrogen) atoms. The highest BCUT2D eigenvalue weighted by Gasteiger charge is 2.25. The van der Waals surface area contributed by atoms with Crippen LogP contribution >= 0.6 is 0 Å². The summed E-state index contributed by atoms with van der Waals surface area (Å²) in [6, 6.07) is 0. The Kier molecular flexibility index (Phi) is 7.15. The van der Waals surface area contributed by atoms with Crippen LogP contribution < -0.4 is 10.2 Å². The maximum atomic E-state index is 13.0. The van der Waals surface area contributed by atoms with Crippen molar-refractivity contribution in [3.05, 3.63) is 17.5 Å². The second-order valence-corrected chi connectivity index (χ2v) is 8.58. The van der Waals surface area contributed by atoms with E-state index < -0.39 is 0 Å². The molecule has 2 saturated heterocycles. The molecule has 2 aliphatic heterocycles. The summed E-state index contributed by atoms with van der Waals surface area (Å²) in [7, 11) is 0. The zero-order valence-corrected chi connectivity index (χ0v) is 17.8. The number of hydrogen-bond donors (Lipinski definition) is 1. The lowest BCUT2D eigenvalue weighted by atomic mass is 10.0. The van der Waals surface area contributed by atoms with Crippen molar-refractivity contribution in [2.24, 2.45) is 5.92 Å². The lowest BCUT2D eigenvalue weighted by Crippen LogP contribution is -2.38. The number of morpholine rings is 1. The fourth-order valence-corrected chi connectivity index (χ4v) is 4.65. The molecule has 0 aromatic carbocycles. The minimum absolute atomic E-state index is 0.00769. The first kappa shape index (κ1) is 21.0. The first-order valence-corrected chi connectivity index (χ1v) is 11.5. The number of carbonyl (C=O) groups is 2. The van der Waals surface area contributed by atoms with Crippen molar-refractivity contribution in [1.82, 2.24) is 20.2 Å². The van der Waals surface area contributed by atoms with Crippen LogP contribution in [0.1, 0.15) is 61.0 Å². The molecule has 0 atom stereocenters. The van der Waals surface area contributed by atoms with Gasteiger partial charge in [0.05, 0.1) is 24.5 Å². The number of rotatable bonds is 7. The lowest BCUT2D eigenvalue weighted by molar-refractivity contribution is -0.121. The molecule has 1 saturated carbocycles. The van der Waals surface area contributed by atoms with E-state index in [1.807, 2.05) is 4.90 Å². The molecular weight excluding hydrogens is 382 g/mol. The zero-order valence-electron chi connectivity index (χ0n) is 17.8. The Morgan fingerprint density at radius 1 is 1.07 bits per heavy atom. The van der Waals surface area contributed by atoms with Crippen LogP contribution in [-0.2, 0) is 16.0 Å². The van der Waals surface area contributed by atoms with Crippen molar-refractivity contribution in [2.75, 3.05) is 50.8 Å². The van der Waals surface area contributed by atoms with Gasteiger partial charge < -0.3 is 19.9 Å². The maximum absolute atomic E-state index is 13.0. The van der Waals surface area contributed by atoms with Crippen LogP contribution in [0.3, 0.4) is 0 Å². The largest absolute Gasteiger partial charge is 0.378 e. The third kappa shape index (κ3) is 5.28. The van der Waals surface area contributed by atoms with Gasteiger partial charge in [-0.25, -0.2) is 9.97 Å². The molecule has 3 aliphatic rings. The number of nitrogens with zero attached hydrogens (tertiary/aromatic N) is 4. The number of anilines is 1. The first-order valence-electron chi connectivity index (χ1n) is 11.5. The quantitative estimate of drug-likeness (QED) is 0.731. The van der Waals surface area contributed by atoms with Crippen molar-refractivity contribution in [1.29, 1.82) is 0 Å². The zero-order chi connectivity index (χ0) is 20.8. The summed E-state index contributed by atoms with van der Waals surface area (Å²) in [5.41, 5.74) is 1.29. The smallest absolute Gasteiger partial charge is 0.257 e. The van der Waals surface area contributed by atoms with Gasteiger partial charge in [-0.2, -0.15) is 0 Å². The average molecular weight is 416 g/mol. The molecule has 0 unspecified atom stereocenters. The van der Waals surface area contributed by atoms with Gasteiger partial charge in [-0.05, 0) is 31.6 Å². The monoisotopic (exact) mass is 415 g/mol. The highest BCUT2D eigenvalue weighted by Crippen LogP contribution is 2.27. The molecular formula is C22H33N5O3. The Labute approximate surface area is 178 Å². The van der Waals surface area contributed by atoms with Crippen LogP contribution in [0.4, 0.5) is 5.95 Å². The van der Waals surface area contributed by atoms with Crippen molar-refractivity contribution in [3.8, 4) is 0 Å². The van der Waals surface area contributed by atoms with E-state index in [0.29, 0.717) is 50.0 Å². The van der Waals surface area contributed by atoms with Gasteiger partial charge in [-0.15, -0.1) is 0 Å². The molecule has 0 bridgehead atoms. The van der Waals surface area contributed by atoms with Gasteiger partial charge >= 0.3 is 0 Å². The number of ether oxygens (including phenoxy) is 1. The van der Waals surface area contributed by atoms with E-state index in [0.717, 1.165) is 57.6 Å². The number of hydrogen-bond acceptors (Lipinski definition) is 6. The van der Waals surface area contributed by atoms with Crippen LogP contribution in [0.15, 0.2) is 6.20 Å². The Morgan fingerprint density at radius 2 is 1.80 bits per heavy atom. The molecule has 1 aliphatic carbocycles. The van der Waals surface area contributed by atoms with Crippen molar-refractivity contribution >= 4 is 17.8 Å². The van der Waals surface area contributed by atoms with Gasteiger partial charge in [-0.1, -0.05) is 12.8 Å². The third-order valence-electron chi connectivity index (χ3n) is 6.41. The van der Waals surface area contributed by atoms with Gasteiger partial charge in [0, 0.05) is 51.8 Å². The predicted molar refractivity (Wildman–Crippen MR) is 113 cm³/mol. The van der Waals surface area contributed by atoms with Crippen LogP contribution in [0, 0.1) is 5.92 Å². The molecule has 2 amide bonds. The number of carbonyl (C=O) groups excluding carboxylic acids is 2. The van der Waals surface area contributed by atoms with E-state index in [4.69, 9.17) is 9.72 Å². The SMILES string of the molecule is O=C(CC1CCCC1)NCCc1nc(N2CCOCC2)ncc1C(=O)N1CCCC1. The molecule has 0 spiro atoms. The van der Waals surface area contributed by atoms with E-state index in [9.17, 15) is 9.59 Å². The van der Waals surface area contributed by atoms with Gasteiger partial charge in [0.25, 0.3) is 5.91 Å². The molecule has 1 aromatic heterocycles. The molecule has 0 radical (unpaired) electrons. The van der Waals surface area contributed by atoms with Crippen LogP contribution in [0.25, 0.3) is 0 Å². The standard InChI is InChI=1S/C22H33N5O3/c28-20(15-17-5-1-2-6-17)23-8-7-19-18(21(29)26-9-3-4-10-26)16-24-22(25-19)27-11-13-30-14-12-27/h16-17H,1-15H2,(H,23,28). The molecule has 1 aromatic rings. The van der Waals surface area contributed by atoms with Crippen molar-refractivity contribution in [3.63, 3.8) is 0 Å². The summed E-state index contributed by atoms with van der Waals surface area (Å²) in [5, 5.41) is 3.03. The molecule has 8 heteroatoms. The molecule has 3 heterocycles. The maximum Gasteiger partial charge on any atom is 0.257 e. The first-order chi connectivity index (χ1) is 14.7. The normalized spacial score (nSPS) is 20.0. The summed E-state index contributed by atoms with van der Waals surface area (Å²) in [5.74, 6) is 1.29. The molecule has 1 N–H and O–H groups in total. The Hall–Kier alpha value is -2.22. The second-order valence-electron chi connectivity index (χ2n) is 8.58. The van der Waals surface area contributed by atoms with E-state index in [-0.39, 0.29) is 11.8 Å². The Morgan fingerprint density at radius 3 is 2.53 bits per heavy atom. The van der Waals surface area contributed by atoms with Crippen LogP contribution in [-0.4, -0.2) is 72.6 Å². The summed E-state index contributed by atoms with van der Waals surface area (Å²) in [6.07, 6.45) is 9.72. The minimum atomic E-state index is 0.00769. The number of likely N-dealkylation sites (tertiary alicyclic amines) is 1. The molecule has 164 valence electrons. The summed E-state index contributed by atoms with van der Waals surface area (Å²) >= 11 is 0. The third-order valence-corrected chi connectivity index (χ3v) is 6.41.